The maximum atomic E-state index is 12.2. The third kappa shape index (κ3) is 4.10. The van der Waals surface area contributed by atoms with Crippen LogP contribution >= 0.6 is 0 Å². The number of amides is 2. The summed E-state index contributed by atoms with van der Waals surface area (Å²) in [5.74, 6) is -0.915. The van der Waals surface area contributed by atoms with Crippen LogP contribution in [0.1, 0.15) is 39.5 Å². The van der Waals surface area contributed by atoms with Crippen LogP contribution in [0.5, 0.6) is 0 Å². The summed E-state index contributed by atoms with van der Waals surface area (Å²) in [4.78, 5) is 26.8. The van der Waals surface area contributed by atoms with Gasteiger partial charge in [-0.15, -0.1) is 0 Å². The molecule has 0 saturated heterocycles. The zero-order valence-corrected chi connectivity index (χ0v) is 13.2. The second-order valence-electron chi connectivity index (χ2n) is 6.71. The lowest BCUT2D eigenvalue weighted by Crippen LogP contribution is -2.60. The summed E-state index contributed by atoms with van der Waals surface area (Å²) in [6, 6.07) is -0.218. The summed E-state index contributed by atoms with van der Waals surface area (Å²) in [6.45, 7) is 4.10. The molecule has 1 aliphatic carbocycles. The van der Waals surface area contributed by atoms with Gasteiger partial charge in [-0.1, -0.05) is 0 Å². The number of hydrogen-bond donors (Lipinski definition) is 2. The van der Waals surface area contributed by atoms with Gasteiger partial charge in [0.1, 0.15) is 0 Å². The average molecular weight is 285 g/mol. The van der Waals surface area contributed by atoms with Crippen LogP contribution < -0.4 is 5.32 Å². The third-order valence-corrected chi connectivity index (χ3v) is 4.15. The van der Waals surface area contributed by atoms with Crippen molar-refractivity contribution < 1.29 is 14.7 Å². The van der Waals surface area contributed by atoms with Crippen molar-refractivity contribution in [3.8, 4) is 0 Å². The molecule has 0 atom stereocenters. The summed E-state index contributed by atoms with van der Waals surface area (Å²) in [5, 5.41) is 11.6. The number of likely N-dealkylation sites (N-methyl/N-ethyl adjacent to an activating group) is 2. The summed E-state index contributed by atoms with van der Waals surface area (Å²) in [7, 11) is 5.84. The highest BCUT2D eigenvalue weighted by molar-refractivity contribution is 5.76. The van der Waals surface area contributed by atoms with Crippen molar-refractivity contribution in [2.75, 3.05) is 27.7 Å². The minimum absolute atomic E-state index is 0.0725. The Hall–Kier alpha value is -1.30. The Morgan fingerprint density at radius 3 is 2.15 bits per heavy atom. The van der Waals surface area contributed by atoms with Gasteiger partial charge < -0.3 is 20.2 Å². The molecule has 1 fully saturated rings. The number of rotatable bonds is 6. The number of urea groups is 1. The monoisotopic (exact) mass is 285 g/mol. The summed E-state index contributed by atoms with van der Waals surface area (Å²) in [6.07, 6.45) is 3.29. The van der Waals surface area contributed by atoms with Crippen LogP contribution in [0.2, 0.25) is 0 Å². The third-order valence-electron chi connectivity index (χ3n) is 4.15. The van der Waals surface area contributed by atoms with Gasteiger partial charge in [0.15, 0.2) is 0 Å². The first-order valence-corrected chi connectivity index (χ1v) is 7.00. The number of aliphatic carboxylic acids is 1. The van der Waals surface area contributed by atoms with Crippen molar-refractivity contribution in [1.82, 2.24) is 15.1 Å². The van der Waals surface area contributed by atoms with Gasteiger partial charge in [0.05, 0.1) is 6.42 Å². The van der Waals surface area contributed by atoms with Crippen LogP contribution in [0.25, 0.3) is 0 Å². The van der Waals surface area contributed by atoms with E-state index >= 15 is 0 Å². The molecule has 2 N–H and O–H groups in total. The Kier molecular flexibility index (Phi) is 5.02. The Balaban J connectivity index is 2.57. The fraction of sp³-hybridized carbons (Fsp3) is 0.857. The van der Waals surface area contributed by atoms with Gasteiger partial charge in [-0.2, -0.15) is 0 Å². The minimum atomic E-state index is -0.915. The largest absolute Gasteiger partial charge is 0.481 e. The molecule has 0 radical (unpaired) electrons. The zero-order chi connectivity index (χ0) is 15.6. The van der Waals surface area contributed by atoms with Gasteiger partial charge in [-0.25, -0.2) is 4.79 Å². The number of carboxylic acid groups (broad SMARTS) is 1. The number of nitrogens with zero attached hydrogens (tertiary/aromatic N) is 2. The molecule has 0 heterocycles. The van der Waals surface area contributed by atoms with E-state index in [1.807, 2.05) is 14.1 Å². The van der Waals surface area contributed by atoms with E-state index in [1.165, 1.54) is 6.42 Å². The molecule has 0 aliphatic heterocycles. The number of hydrogen-bond acceptors (Lipinski definition) is 3. The molecular weight excluding hydrogens is 258 g/mol. The predicted octanol–water partition coefficient (Wildman–Crippen LogP) is 1.37. The first-order chi connectivity index (χ1) is 9.08. The van der Waals surface area contributed by atoms with Crippen molar-refractivity contribution in [3.05, 3.63) is 0 Å². The molecule has 20 heavy (non-hydrogen) atoms. The van der Waals surface area contributed by atoms with E-state index in [2.05, 4.69) is 10.2 Å². The highest BCUT2D eigenvalue weighted by Gasteiger charge is 2.41. The Bertz CT molecular complexity index is 376. The second-order valence-corrected chi connectivity index (χ2v) is 6.71. The topological polar surface area (TPSA) is 72.9 Å². The molecule has 6 nitrogen and oxygen atoms in total. The van der Waals surface area contributed by atoms with E-state index in [0.717, 1.165) is 12.8 Å². The quantitative estimate of drug-likeness (QED) is 0.773. The first kappa shape index (κ1) is 16.8. The molecule has 116 valence electrons. The Morgan fingerprint density at radius 1 is 1.25 bits per heavy atom. The number of carboxylic acids is 1. The molecule has 0 aromatic carbocycles. The van der Waals surface area contributed by atoms with Crippen LogP contribution in [-0.2, 0) is 4.79 Å². The second kappa shape index (κ2) is 5.99. The lowest BCUT2D eigenvalue weighted by Gasteiger charge is -2.49. The van der Waals surface area contributed by atoms with Gasteiger partial charge >= 0.3 is 12.0 Å². The summed E-state index contributed by atoms with van der Waals surface area (Å²) >= 11 is 0. The molecule has 1 rings (SSSR count). The smallest absolute Gasteiger partial charge is 0.317 e. The maximum absolute atomic E-state index is 12.2. The van der Waals surface area contributed by atoms with Gasteiger partial charge in [-0.3, -0.25) is 4.79 Å². The zero-order valence-electron chi connectivity index (χ0n) is 13.2. The van der Waals surface area contributed by atoms with Crippen molar-refractivity contribution >= 4 is 12.0 Å². The van der Waals surface area contributed by atoms with E-state index in [9.17, 15) is 9.59 Å². The summed E-state index contributed by atoms with van der Waals surface area (Å²) < 4.78 is 0. The molecular formula is C14H27N3O3. The molecule has 0 aromatic rings. The van der Waals surface area contributed by atoms with Crippen molar-refractivity contribution in [2.45, 2.75) is 50.6 Å². The SMILES string of the molecule is CN(CC1(N(C)C)CCC1)C(=O)NC(C)(C)CC(=O)O. The van der Waals surface area contributed by atoms with E-state index in [1.54, 1.807) is 25.8 Å². The van der Waals surface area contributed by atoms with Gasteiger partial charge in [-0.05, 0) is 47.2 Å². The van der Waals surface area contributed by atoms with Crippen LogP contribution in [0.4, 0.5) is 4.79 Å². The normalized spacial score (nSPS) is 17.5. The molecule has 0 unspecified atom stereocenters. The lowest BCUT2D eigenvalue weighted by atomic mass is 9.75. The maximum Gasteiger partial charge on any atom is 0.317 e. The molecule has 6 heteroatoms. The standard InChI is InChI=1S/C14H27N3O3/c1-13(2,9-11(18)19)15-12(20)17(5)10-14(16(3)4)7-6-8-14/h6-10H2,1-5H3,(H,15,20)(H,18,19). The average Bonchev–Trinajstić information content (AvgIpc) is 2.19. The molecule has 2 amide bonds. The molecule has 0 aromatic heterocycles. The van der Waals surface area contributed by atoms with E-state index < -0.39 is 11.5 Å². The van der Waals surface area contributed by atoms with Crippen LogP contribution in [0.3, 0.4) is 0 Å². The van der Waals surface area contributed by atoms with Crippen LogP contribution in [0, 0.1) is 0 Å². The van der Waals surface area contributed by atoms with E-state index in [4.69, 9.17) is 5.11 Å². The first-order valence-electron chi connectivity index (χ1n) is 7.00. The van der Waals surface area contributed by atoms with Gasteiger partial charge in [0.25, 0.3) is 0 Å². The molecule has 1 aliphatic rings. The Morgan fingerprint density at radius 2 is 1.80 bits per heavy atom. The van der Waals surface area contributed by atoms with Crippen molar-refractivity contribution in [3.63, 3.8) is 0 Å². The van der Waals surface area contributed by atoms with Crippen molar-refractivity contribution in [1.29, 1.82) is 0 Å². The molecule has 0 spiro atoms. The predicted molar refractivity (Wildman–Crippen MR) is 77.8 cm³/mol. The highest BCUT2D eigenvalue weighted by Crippen LogP contribution is 2.36. The van der Waals surface area contributed by atoms with Crippen molar-refractivity contribution in [2.24, 2.45) is 0 Å². The number of carbonyl (C=O) groups is 2. The molecule has 1 saturated carbocycles. The summed E-state index contributed by atoms with van der Waals surface area (Å²) in [5.41, 5.74) is -0.675. The van der Waals surface area contributed by atoms with E-state index in [0.29, 0.717) is 6.54 Å². The van der Waals surface area contributed by atoms with Gasteiger partial charge in [0.2, 0.25) is 0 Å². The fourth-order valence-electron chi connectivity index (χ4n) is 2.65. The number of carbonyl (C=O) groups excluding carboxylic acids is 1. The lowest BCUT2D eigenvalue weighted by molar-refractivity contribution is -0.138. The van der Waals surface area contributed by atoms with Crippen LogP contribution in [0.15, 0.2) is 0 Å². The highest BCUT2D eigenvalue weighted by atomic mass is 16.4. The molecule has 0 bridgehead atoms. The van der Waals surface area contributed by atoms with E-state index in [-0.39, 0.29) is 18.0 Å². The Labute approximate surface area is 121 Å². The minimum Gasteiger partial charge on any atom is -0.481 e. The van der Waals surface area contributed by atoms with Crippen LogP contribution in [-0.4, -0.2) is 65.7 Å². The van der Waals surface area contributed by atoms with Gasteiger partial charge in [0, 0.05) is 24.7 Å². The fourth-order valence-corrected chi connectivity index (χ4v) is 2.65. The number of nitrogens with one attached hydrogen (secondary N) is 1.